The summed E-state index contributed by atoms with van der Waals surface area (Å²) in [5.41, 5.74) is -0.408. The number of esters is 1. The summed E-state index contributed by atoms with van der Waals surface area (Å²) in [6, 6.07) is 0. The van der Waals surface area contributed by atoms with Crippen LogP contribution >= 0.6 is 11.8 Å². The van der Waals surface area contributed by atoms with Crippen LogP contribution in [0.4, 0.5) is 0 Å². The molecule has 2 unspecified atom stereocenters. The number of hydrogen-bond acceptors (Lipinski definition) is 4. The van der Waals surface area contributed by atoms with Crippen LogP contribution in [0.25, 0.3) is 0 Å². The molecule has 0 bridgehead atoms. The molecule has 94 valence electrons. The molecule has 2 atom stereocenters. The van der Waals surface area contributed by atoms with Crippen molar-refractivity contribution in [2.24, 2.45) is 0 Å². The molecule has 4 heteroatoms. The molecule has 0 heterocycles. The van der Waals surface area contributed by atoms with E-state index in [0.29, 0.717) is 5.25 Å². The number of carbonyl (C=O) groups excluding carboxylic acids is 1. The Hall–Kier alpha value is -0.220. The molecule has 1 aliphatic carbocycles. The first-order chi connectivity index (χ1) is 7.68. The second-order valence-corrected chi connectivity index (χ2v) is 5.75. The van der Waals surface area contributed by atoms with E-state index >= 15 is 0 Å². The number of hydrogen-bond donors (Lipinski definition) is 1. The Kier molecular flexibility index (Phi) is 5.62. The van der Waals surface area contributed by atoms with Gasteiger partial charge in [-0.2, -0.15) is 11.8 Å². The van der Waals surface area contributed by atoms with Gasteiger partial charge in [0.2, 0.25) is 0 Å². The lowest BCUT2D eigenvalue weighted by atomic mass is 9.98. The Morgan fingerprint density at radius 3 is 2.88 bits per heavy atom. The fraction of sp³-hybridized carbons (Fsp3) is 0.917. The van der Waals surface area contributed by atoms with Crippen molar-refractivity contribution in [2.75, 3.05) is 19.4 Å². The first-order valence-corrected chi connectivity index (χ1v) is 7.18. The maximum Gasteiger partial charge on any atom is 0.326 e. The summed E-state index contributed by atoms with van der Waals surface area (Å²) in [5.74, 6) is 1.10. The number of thioether (sulfide) groups is 1. The molecule has 0 aromatic heterocycles. The molecule has 0 radical (unpaired) electrons. The highest BCUT2D eigenvalue weighted by Gasteiger charge is 2.45. The van der Waals surface area contributed by atoms with Crippen molar-refractivity contribution < 1.29 is 9.53 Å². The fourth-order valence-corrected chi connectivity index (χ4v) is 3.63. The van der Waals surface area contributed by atoms with Gasteiger partial charge in [-0.3, -0.25) is 4.79 Å². The van der Waals surface area contributed by atoms with Gasteiger partial charge < -0.3 is 10.1 Å². The molecule has 0 amide bonds. The van der Waals surface area contributed by atoms with Gasteiger partial charge in [0.25, 0.3) is 0 Å². The maximum absolute atomic E-state index is 11.9. The molecule has 0 aromatic carbocycles. The zero-order chi connectivity index (χ0) is 12.0. The minimum atomic E-state index is -0.408. The molecule has 1 N–H and O–H groups in total. The van der Waals surface area contributed by atoms with E-state index in [1.54, 1.807) is 0 Å². The van der Waals surface area contributed by atoms with Crippen LogP contribution in [0.3, 0.4) is 0 Å². The Morgan fingerprint density at radius 2 is 2.31 bits per heavy atom. The largest absolute Gasteiger partial charge is 0.468 e. The van der Waals surface area contributed by atoms with Crippen LogP contribution in [0, 0.1) is 0 Å². The number of nitrogens with one attached hydrogen (secondary N) is 1. The second-order valence-electron chi connectivity index (χ2n) is 4.34. The van der Waals surface area contributed by atoms with E-state index in [4.69, 9.17) is 4.74 Å². The summed E-state index contributed by atoms with van der Waals surface area (Å²) >= 11 is 1.99. The van der Waals surface area contributed by atoms with E-state index < -0.39 is 5.54 Å². The lowest BCUT2D eigenvalue weighted by Crippen LogP contribution is -2.50. The van der Waals surface area contributed by atoms with E-state index in [2.05, 4.69) is 12.2 Å². The summed E-state index contributed by atoms with van der Waals surface area (Å²) in [5, 5.41) is 3.94. The average Bonchev–Trinajstić information content (AvgIpc) is 2.70. The second kappa shape index (κ2) is 6.50. The van der Waals surface area contributed by atoms with E-state index in [-0.39, 0.29) is 5.97 Å². The Labute approximate surface area is 103 Å². The summed E-state index contributed by atoms with van der Waals surface area (Å²) in [4.78, 5) is 11.9. The van der Waals surface area contributed by atoms with Gasteiger partial charge in [0, 0.05) is 5.25 Å². The van der Waals surface area contributed by atoms with Crippen molar-refractivity contribution in [2.45, 2.75) is 50.3 Å². The van der Waals surface area contributed by atoms with Crippen molar-refractivity contribution in [3.8, 4) is 0 Å². The molecule has 1 rings (SSSR count). The minimum absolute atomic E-state index is 0.0889. The predicted octanol–water partition coefficient (Wildman–Crippen LogP) is 2.20. The Bertz CT molecular complexity index is 235. The SMILES string of the molecule is CCCSC1CCC(NCC)(C(=O)OC)C1. The monoisotopic (exact) mass is 245 g/mol. The Morgan fingerprint density at radius 1 is 1.56 bits per heavy atom. The lowest BCUT2D eigenvalue weighted by molar-refractivity contribution is -0.148. The van der Waals surface area contributed by atoms with Crippen LogP contribution in [0.2, 0.25) is 0 Å². The molecule has 0 aromatic rings. The molecular formula is C12H23NO2S. The molecule has 3 nitrogen and oxygen atoms in total. The molecule has 0 spiro atoms. The maximum atomic E-state index is 11.9. The zero-order valence-electron chi connectivity index (χ0n) is 10.5. The van der Waals surface area contributed by atoms with Crippen molar-refractivity contribution >= 4 is 17.7 Å². The minimum Gasteiger partial charge on any atom is -0.468 e. The first-order valence-electron chi connectivity index (χ1n) is 6.13. The highest BCUT2D eigenvalue weighted by molar-refractivity contribution is 7.99. The van der Waals surface area contributed by atoms with E-state index in [1.807, 2.05) is 18.7 Å². The van der Waals surface area contributed by atoms with Gasteiger partial charge in [-0.15, -0.1) is 0 Å². The normalized spacial score (nSPS) is 29.3. The molecule has 1 aliphatic rings. The number of carbonyl (C=O) groups is 1. The summed E-state index contributed by atoms with van der Waals surface area (Å²) in [7, 11) is 1.48. The molecule has 1 saturated carbocycles. The molecule has 1 fully saturated rings. The van der Waals surface area contributed by atoms with Crippen LogP contribution in [-0.2, 0) is 9.53 Å². The molecule has 0 aliphatic heterocycles. The van der Waals surface area contributed by atoms with E-state index in [0.717, 1.165) is 25.8 Å². The van der Waals surface area contributed by atoms with Gasteiger partial charge in [-0.25, -0.2) is 0 Å². The number of ether oxygens (including phenoxy) is 1. The highest BCUT2D eigenvalue weighted by atomic mass is 32.2. The quantitative estimate of drug-likeness (QED) is 0.728. The van der Waals surface area contributed by atoms with Gasteiger partial charge in [0.1, 0.15) is 5.54 Å². The highest BCUT2D eigenvalue weighted by Crippen LogP contribution is 2.38. The van der Waals surface area contributed by atoms with Crippen LogP contribution in [0.15, 0.2) is 0 Å². The van der Waals surface area contributed by atoms with Crippen molar-refractivity contribution in [3.63, 3.8) is 0 Å². The van der Waals surface area contributed by atoms with Crippen LogP contribution in [0.5, 0.6) is 0 Å². The Balaban J connectivity index is 2.57. The summed E-state index contributed by atoms with van der Waals surface area (Å²) in [6.45, 7) is 5.05. The summed E-state index contributed by atoms with van der Waals surface area (Å²) < 4.78 is 4.93. The van der Waals surface area contributed by atoms with Crippen LogP contribution in [0.1, 0.15) is 39.5 Å². The smallest absolute Gasteiger partial charge is 0.326 e. The van der Waals surface area contributed by atoms with Crippen molar-refractivity contribution in [1.29, 1.82) is 0 Å². The molecular weight excluding hydrogens is 222 g/mol. The van der Waals surface area contributed by atoms with Crippen LogP contribution < -0.4 is 5.32 Å². The lowest BCUT2D eigenvalue weighted by Gasteiger charge is -2.27. The third-order valence-electron chi connectivity index (χ3n) is 3.12. The average molecular weight is 245 g/mol. The van der Waals surface area contributed by atoms with Gasteiger partial charge in [-0.05, 0) is 38.0 Å². The zero-order valence-corrected chi connectivity index (χ0v) is 11.4. The van der Waals surface area contributed by atoms with Gasteiger partial charge in [0.05, 0.1) is 7.11 Å². The number of likely N-dealkylation sites (N-methyl/N-ethyl adjacent to an activating group) is 1. The summed E-state index contributed by atoms with van der Waals surface area (Å²) in [6.07, 6.45) is 4.15. The van der Waals surface area contributed by atoms with Gasteiger partial charge in [0.15, 0.2) is 0 Å². The third kappa shape index (κ3) is 3.14. The third-order valence-corrected chi connectivity index (χ3v) is 4.64. The van der Waals surface area contributed by atoms with Crippen LogP contribution in [-0.4, -0.2) is 36.2 Å². The predicted molar refractivity (Wildman–Crippen MR) is 68.8 cm³/mol. The molecule has 0 saturated heterocycles. The molecule has 16 heavy (non-hydrogen) atoms. The van der Waals surface area contributed by atoms with Gasteiger partial charge in [-0.1, -0.05) is 13.8 Å². The fourth-order valence-electron chi connectivity index (χ4n) is 2.38. The topological polar surface area (TPSA) is 38.3 Å². The van der Waals surface area contributed by atoms with E-state index in [1.165, 1.54) is 19.3 Å². The van der Waals surface area contributed by atoms with Gasteiger partial charge >= 0.3 is 5.97 Å². The van der Waals surface area contributed by atoms with Crippen molar-refractivity contribution in [1.82, 2.24) is 5.32 Å². The number of methoxy groups -OCH3 is 1. The first kappa shape index (κ1) is 13.8. The standard InChI is InChI=1S/C12H23NO2S/c1-4-8-16-10-6-7-12(9-10,13-5-2)11(14)15-3/h10,13H,4-9H2,1-3H3. The van der Waals surface area contributed by atoms with Crippen molar-refractivity contribution in [3.05, 3.63) is 0 Å². The van der Waals surface area contributed by atoms with E-state index in [9.17, 15) is 4.79 Å². The number of rotatable bonds is 6.